The molecule has 0 saturated carbocycles. The van der Waals surface area contributed by atoms with E-state index in [0.29, 0.717) is 0 Å². The van der Waals surface area contributed by atoms with E-state index in [1.807, 2.05) is 0 Å². The fraction of sp³-hybridized carbons (Fsp3) is 0.125. The Bertz CT molecular complexity index is 516. The average Bonchev–Trinajstić information content (AvgIpc) is 2.06. The van der Waals surface area contributed by atoms with E-state index in [2.05, 4.69) is 0 Å². The van der Waals surface area contributed by atoms with Gasteiger partial charge in [-0.05, 0) is 12.1 Å². The Kier molecular flexibility index (Phi) is 2.59. The predicted molar refractivity (Wildman–Crippen MR) is 49.8 cm³/mol. The SMILES string of the molecule is CS(=O)(=O)c1cc(C(=O)O)cc(O)c1O. The molecule has 0 amide bonds. The molecule has 0 saturated heterocycles. The summed E-state index contributed by atoms with van der Waals surface area (Å²) >= 11 is 0. The lowest BCUT2D eigenvalue weighted by Gasteiger charge is -2.05. The second-order valence-corrected chi connectivity index (χ2v) is 4.90. The van der Waals surface area contributed by atoms with Gasteiger partial charge in [0.2, 0.25) is 0 Å². The summed E-state index contributed by atoms with van der Waals surface area (Å²) in [7, 11) is -3.79. The normalized spacial score (nSPS) is 11.3. The molecule has 6 nitrogen and oxygen atoms in total. The molecule has 82 valence electrons. The monoisotopic (exact) mass is 232 g/mol. The maximum Gasteiger partial charge on any atom is 0.335 e. The van der Waals surface area contributed by atoms with Gasteiger partial charge in [0.1, 0.15) is 4.90 Å². The van der Waals surface area contributed by atoms with E-state index >= 15 is 0 Å². The number of aromatic hydroxyl groups is 2. The van der Waals surface area contributed by atoms with Crippen molar-refractivity contribution in [2.75, 3.05) is 6.26 Å². The number of phenols is 2. The summed E-state index contributed by atoms with van der Waals surface area (Å²) in [6.07, 6.45) is 0.799. The van der Waals surface area contributed by atoms with Gasteiger partial charge in [-0.2, -0.15) is 0 Å². The van der Waals surface area contributed by atoms with Gasteiger partial charge < -0.3 is 15.3 Å². The number of phenolic OH excluding ortho intramolecular Hbond substituents is 2. The van der Waals surface area contributed by atoms with Crippen LogP contribution in [0.15, 0.2) is 17.0 Å². The van der Waals surface area contributed by atoms with Crippen molar-refractivity contribution >= 4 is 15.8 Å². The first-order valence-electron chi connectivity index (χ1n) is 3.73. The third-order valence-electron chi connectivity index (χ3n) is 1.70. The summed E-state index contributed by atoms with van der Waals surface area (Å²) in [5, 5.41) is 26.9. The van der Waals surface area contributed by atoms with Crippen LogP contribution in [-0.4, -0.2) is 36.0 Å². The van der Waals surface area contributed by atoms with Crippen LogP contribution in [0.4, 0.5) is 0 Å². The van der Waals surface area contributed by atoms with Gasteiger partial charge >= 0.3 is 5.97 Å². The third-order valence-corrected chi connectivity index (χ3v) is 2.81. The molecule has 0 aliphatic heterocycles. The van der Waals surface area contributed by atoms with Gasteiger partial charge in [-0.25, -0.2) is 13.2 Å². The first-order valence-corrected chi connectivity index (χ1v) is 5.62. The van der Waals surface area contributed by atoms with E-state index in [9.17, 15) is 18.3 Å². The van der Waals surface area contributed by atoms with Crippen molar-refractivity contribution < 1.29 is 28.5 Å². The zero-order chi connectivity index (χ0) is 11.8. The standard InChI is InChI=1S/C8H8O6S/c1-15(13,14)6-3-4(8(11)12)2-5(9)7(6)10/h2-3,9-10H,1H3,(H,11,12). The Hall–Kier alpha value is -1.76. The number of carboxylic acids is 1. The number of carboxylic acid groups (broad SMARTS) is 1. The van der Waals surface area contributed by atoms with Crippen molar-refractivity contribution in [1.29, 1.82) is 0 Å². The Morgan fingerprint density at radius 2 is 1.80 bits per heavy atom. The van der Waals surface area contributed by atoms with Crippen LogP contribution in [0.25, 0.3) is 0 Å². The van der Waals surface area contributed by atoms with Crippen LogP contribution < -0.4 is 0 Å². The summed E-state index contributed by atoms with van der Waals surface area (Å²) < 4.78 is 22.2. The third kappa shape index (κ3) is 2.18. The van der Waals surface area contributed by atoms with Crippen molar-refractivity contribution in [3.8, 4) is 11.5 Å². The van der Waals surface area contributed by atoms with Gasteiger partial charge in [-0.1, -0.05) is 0 Å². The van der Waals surface area contributed by atoms with Crippen LogP contribution >= 0.6 is 0 Å². The highest BCUT2D eigenvalue weighted by Gasteiger charge is 2.19. The second kappa shape index (κ2) is 3.43. The highest BCUT2D eigenvalue weighted by atomic mass is 32.2. The Morgan fingerprint density at radius 3 is 2.20 bits per heavy atom. The molecule has 1 rings (SSSR count). The van der Waals surface area contributed by atoms with Crippen LogP contribution in [0.3, 0.4) is 0 Å². The lowest BCUT2D eigenvalue weighted by molar-refractivity contribution is 0.0696. The summed E-state index contributed by atoms with van der Waals surface area (Å²) in [4.78, 5) is 9.94. The lowest BCUT2D eigenvalue weighted by atomic mass is 10.2. The molecule has 0 spiro atoms. The molecule has 3 N–H and O–H groups in total. The van der Waals surface area contributed by atoms with Crippen molar-refractivity contribution in [2.45, 2.75) is 4.90 Å². The molecule has 0 aromatic heterocycles. The molecule has 0 radical (unpaired) electrons. The molecule has 1 aromatic carbocycles. The molecular weight excluding hydrogens is 224 g/mol. The zero-order valence-electron chi connectivity index (χ0n) is 7.63. The topological polar surface area (TPSA) is 112 Å². The largest absolute Gasteiger partial charge is 0.504 e. The number of benzene rings is 1. The molecule has 7 heteroatoms. The molecule has 0 fully saturated rings. The lowest BCUT2D eigenvalue weighted by Crippen LogP contribution is -2.02. The maximum atomic E-state index is 11.1. The van der Waals surface area contributed by atoms with Gasteiger partial charge in [0.05, 0.1) is 5.56 Å². The minimum atomic E-state index is -3.79. The Morgan fingerprint density at radius 1 is 1.27 bits per heavy atom. The van der Waals surface area contributed by atoms with E-state index in [-0.39, 0.29) is 0 Å². The maximum absolute atomic E-state index is 11.1. The van der Waals surface area contributed by atoms with E-state index in [4.69, 9.17) is 10.2 Å². The molecule has 0 aliphatic rings. The Labute approximate surface area is 85.3 Å². The quantitative estimate of drug-likeness (QED) is 0.628. The molecule has 15 heavy (non-hydrogen) atoms. The number of aromatic carboxylic acids is 1. The molecule has 1 aromatic rings. The number of carbonyl (C=O) groups is 1. The van der Waals surface area contributed by atoms with Crippen LogP contribution in [0.2, 0.25) is 0 Å². The summed E-state index contributed by atoms with van der Waals surface area (Å²) in [6.45, 7) is 0. The van der Waals surface area contributed by atoms with Gasteiger partial charge in [-0.15, -0.1) is 0 Å². The molecule has 0 bridgehead atoms. The van der Waals surface area contributed by atoms with Crippen molar-refractivity contribution in [2.24, 2.45) is 0 Å². The first kappa shape index (κ1) is 11.3. The van der Waals surface area contributed by atoms with Gasteiger partial charge in [0.15, 0.2) is 21.3 Å². The first-order chi connectivity index (χ1) is 6.73. The fourth-order valence-electron chi connectivity index (χ4n) is 0.999. The zero-order valence-corrected chi connectivity index (χ0v) is 8.45. The van der Waals surface area contributed by atoms with Crippen LogP contribution in [-0.2, 0) is 9.84 Å². The van der Waals surface area contributed by atoms with Crippen molar-refractivity contribution in [3.63, 3.8) is 0 Å². The summed E-state index contributed by atoms with van der Waals surface area (Å²) in [5.74, 6) is -3.02. The molecule has 0 heterocycles. The smallest absolute Gasteiger partial charge is 0.335 e. The van der Waals surface area contributed by atoms with E-state index in [1.165, 1.54) is 0 Å². The van der Waals surface area contributed by atoms with Crippen LogP contribution in [0.1, 0.15) is 10.4 Å². The minimum Gasteiger partial charge on any atom is -0.504 e. The number of sulfone groups is 1. The Balaban J connectivity index is 3.59. The molecule has 0 unspecified atom stereocenters. The predicted octanol–water partition coefficient (Wildman–Crippen LogP) is 0.200. The highest BCUT2D eigenvalue weighted by Crippen LogP contribution is 2.33. The van der Waals surface area contributed by atoms with Gasteiger partial charge in [-0.3, -0.25) is 0 Å². The van der Waals surface area contributed by atoms with Gasteiger partial charge in [0.25, 0.3) is 0 Å². The number of hydrogen-bond acceptors (Lipinski definition) is 5. The van der Waals surface area contributed by atoms with Gasteiger partial charge in [0, 0.05) is 6.26 Å². The second-order valence-electron chi connectivity index (χ2n) is 2.92. The van der Waals surface area contributed by atoms with Crippen LogP contribution in [0, 0.1) is 0 Å². The summed E-state index contributed by atoms with van der Waals surface area (Å²) in [6, 6.07) is 1.55. The average molecular weight is 232 g/mol. The fourth-order valence-corrected chi connectivity index (χ4v) is 1.80. The summed E-state index contributed by atoms with van der Waals surface area (Å²) in [5.41, 5.74) is -0.411. The van der Waals surface area contributed by atoms with E-state index < -0.39 is 37.8 Å². The van der Waals surface area contributed by atoms with E-state index in [1.54, 1.807) is 0 Å². The minimum absolute atomic E-state index is 0.411. The van der Waals surface area contributed by atoms with Crippen molar-refractivity contribution in [1.82, 2.24) is 0 Å². The van der Waals surface area contributed by atoms with Crippen molar-refractivity contribution in [3.05, 3.63) is 17.7 Å². The number of rotatable bonds is 2. The molecule has 0 aliphatic carbocycles. The number of hydrogen-bond donors (Lipinski definition) is 3. The highest BCUT2D eigenvalue weighted by molar-refractivity contribution is 7.90. The van der Waals surface area contributed by atoms with E-state index in [0.717, 1.165) is 18.4 Å². The molecule has 0 atom stereocenters. The molecular formula is C8H8O6S. The van der Waals surface area contributed by atoms with Crippen LogP contribution in [0.5, 0.6) is 11.5 Å².